The summed E-state index contributed by atoms with van der Waals surface area (Å²) in [7, 11) is 0. The van der Waals surface area contributed by atoms with Crippen LogP contribution in [0.1, 0.15) is 43.1 Å². The van der Waals surface area contributed by atoms with E-state index < -0.39 is 6.10 Å². The summed E-state index contributed by atoms with van der Waals surface area (Å²) >= 11 is 0. The van der Waals surface area contributed by atoms with E-state index in [-0.39, 0.29) is 17.8 Å². The quantitative estimate of drug-likeness (QED) is 0.702. The van der Waals surface area contributed by atoms with Gasteiger partial charge in [-0.2, -0.15) is 0 Å². The molecule has 1 N–H and O–H groups in total. The molecule has 0 spiro atoms. The van der Waals surface area contributed by atoms with E-state index in [9.17, 15) is 9.90 Å². The maximum absolute atomic E-state index is 12.1. The Bertz CT molecular complexity index is 831. The Kier molecular flexibility index (Phi) is 6.66. The van der Waals surface area contributed by atoms with Crippen LogP contribution < -0.4 is 0 Å². The molecule has 0 aromatic heterocycles. The molecule has 0 amide bonds. The molecule has 2 atom stereocenters. The van der Waals surface area contributed by atoms with Crippen LogP contribution in [0.3, 0.4) is 0 Å². The lowest BCUT2D eigenvalue weighted by molar-refractivity contribution is -0.156. The monoisotopic (exact) mass is 383 g/mol. The van der Waals surface area contributed by atoms with Gasteiger partial charge in [0.15, 0.2) is 12.2 Å². The van der Waals surface area contributed by atoms with E-state index in [0.717, 1.165) is 22.4 Å². The first-order chi connectivity index (χ1) is 13.6. The molecule has 0 saturated carbocycles. The molecule has 28 heavy (non-hydrogen) atoms. The van der Waals surface area contributed by atoms with Gasteiger partial charge in [-0.05, 0) is 48.7 Å². The van der Waals surface area contributed by atoms with Gasteiger partial charge >= 0.3 is 5.97 Å². The van der Waals surface area contributed by atoms with E-state index in [1.807, 2.05) is 43.3 Å². The zero-order valence-electron chi connectivity index (χ0n) is 16.1. The summed E-state index contributed by atoms with van der Waals surface area (Å²) in [6.45, 7) is 4.41. The molecule has 2 aromatic rings. The van der Waals surface area contributed by atoms with Gasteiger partial charge in [-0.15, -0.1) is 0 Å². The number of hydrogen-bond donors (Lipinski definition) is 1. The Morgan fingerprint density at radius 3 is 2.71 bits per heavy atom. The molecule has 0 saturated heterocycles. The van der Waals surface area contributed by atoms with Crippen LogP contribution >= 0.6 is 0 Å². The van der Waals surface area contributed by atoms with Crippen molar-refractivity contribution < 1.29 is 24.2 Å². The summed E-state index contributed by atoms with van der Waals surface area (Å²) in [6, 6.07) is 14.8. The van der Waals surface area contributed by atoms with Gasteiger partial charge in [0.1, 0.15) is 5.75 Å². The van der Waals surface area contributed by atoms with Crippen LogP contribution in [-0.2, 0) is 25.5 Å². The van der Waals surface area contributed by atoms with Crippen molar-refractivity contribution in [2.45, 2.75) is 38.9 Å². The van der Waals surface area contributed by atoms with Gasteiger partial charge in [0.2, 0.25) is 0 Å². The lowest BCUT2D eigenvalue weighted by Crippen LogP contribution is -2.29. The highest BCUT2D eigenvalue weighted by Gasteiger charge is 2.25. The van der Waals surface area contributed by atoms with Gasteiger partial charge in [0.05, 0.1) is 12.3 Å². The third-order valence-electron chi connectivity index (χ3n) is 4.53. The summed E-state index contributed by atoms with van der Waals surface area (Å²) in [4.78, 5) is 17.7. The molecule has 1 aliphatic rings. The van der Waals surface area contributed by atoms with Crippen molar-refractivity contribution in [3.8, 4) is 5.75 Å². The molecule has 3 rings (SSSR count). The lowest BCUT2D eigenvalue weighted by atomic mass is 9.97. The topological polar surface area (TPSA) is 77.4 Å². The number of hydrogen-bond acceptors (Lipinski definition) is 6. The molecule has 6 nitrogen and oxygen atoms in total. The van der Waals surface area contributed by atoms with Crippen molar-refractivity contribution in [3.05, 3.63) is 65.2 Å². The summed E-state index contributed by atoms with van der Waals surface area (Å²) in [5.41, 5.74) is 3.74. The maximum atomic E-state index is 12.1. The summed E-state index contributed by atoms with van der Waals surface area (Å²) in [5.74, 6) is -0.121. The smallest absolute Gasteiger partial charge is 0.335 e. The van der Waals surface area contributed by atoms with E-state index in [1.165, 1.54) is 0 Å². The number of carbonyl (C=O) groups is 1. The predicted octanol–water partition coefficient (Wildman–Crippen LogP) is 3.77. The second-order valence-corrected chi connectivity index (χ2v) is 6.53. The number of benzene rings is 2. The third-order valence-corrected chi connectivity index (χ3v) is 4.53. The highest BCUT2D eigenvalue weighted by atomic mass is 16.6. The van der Waals surface area contributed by atoms with E-state index >= 15 is 0 Å². The third kappa shape index (κ3) is 4.89. The second-order valence-electron chi connectivity index (χ2n) is 6.53. The first-order valence-corrected chi connectivity index (χ1v) is 9.49. The molecule has 1 heterocycles. The van der Waals surface area contributed by atoms with Gasteiger partial charge in [-0.25, -0.2) is 4.79 Å². The molecule has 0 aliphatic carbocycles. The Hall–Kier alpha value is -2.86. The van der Waals surface area contributed by atoms with E-state index in [2.05, 4.69) is 5.16 Å². The Labute approximate surface area is 164 Å². The summed E-state index contributed by atoms with van der Waals surface area (Å²) in [5, 5.41) is 13.7. The molecular formula is C22H25NO5. The molecule has 1 aliphatic heterocycles. The number of carbonyl (C=O) groups excluding carboxylic acids is 1. The minimum absolute atomic E-state index is 0.171. The number of nitrogens with zero attached hydrogens (tertiary/aromatic N) is 1. The van der Waals surface area contributed by atoms with Crippen molar-refractivity contribution in [3.63, 3.8) is 0 Å². The van der Waals surface area contributed by atoms with Gasteiger partial charge < -0.3 is 19.4 Å². The second kappa shape index (κ2) is 9.37. The molecule has 2 aromatic carbocycles. The van der Waals surface area contributed by atoms with Crippen molar-refractivity contribution >= 4 is 11.7 Å². The minimum Gasteiger partial charge on any atom is -0.508 e. The Balaban J connectivity index is 1.69. The molecule has 0 bridgehead atoms. The van der Waals surface area contributed by atoms with Gasteiger partial charge in [-0.1, -0.05) is 35.5 Å². The Morgan fingerprint density at radius 2 is 2.00 bits per heavy atom. The van der Waals surface area contributed by atoms with Crippen LogP contribution in [0, 0.1) is 0 Å². The van der Waals surface area contributed by atoms with Crippen LogP contribution in [0.15, 0.2) is 53.7 Å². The molecule has 0 radical (unpaired) electrons. The van der Waals surface area contributed by atoms with E-state index in [4.69, 9.17) is 14.3 Å². The van der Waals surface area contributed by atoms with Crippen molar-refractivity contribution in [1.29, 1.82) is 0 Å². The van der Waals surface area contributed by atoms with Crippen LogP contribution in [-0.4, -0.2) is 36.1 Å². The molecule has 148 valence electrons. The number of phenolic OH excluding ortho intramolecular Hbond substituents is 1. The fraction of sp³-hybridized carbons (Fsp3) is 0.364. The summed E-state index contributed by atoms with van der Waals surface area (Å²) < 4.78 is 10.7. The standard InChI is InChI=1S/C22H25NO5/c1-3-26-21(22(25)27-4-2)13-15-6-5-7-17(12-15)19-14-20(28-23-19)16-8-10-18(24)11-9-16/h5-12,20-21,24H,3-4,13-14H2,1-2H3. The highest BCUT2D eigenvalue weighted by Crippen LogP contribution is 2.30. The van der Waals surface area contributed by atoms with E-state index in [1.54, 1.807) is 19.1 Å². The first-order valence-electron chi connectivity index (χ1n) is 9.49. The average Bonchev–Trinajstić information content (AvgIpc) is 3.19. The zero-order valence-corrected chi connectivity index (χ0v) is 16.1. The van der Waals surface area contributed by atoms with Crippen molar-refractivity contribution in [2.75, 3.05) is 13.2 Å². The largest absolute Gasteiger partial charge is 0.508 e. The molecule has 2 unspecified atom stereocenters. The van der Waals surface area contributed by atoms with Crippen LogP contribution in [0.2, 0.25) is 0 Å². The first kappa shape index (κ1) is 19.9. The van der Waals surface area contributed by atoms with Gasteiger partial charge in [0.25, 0.3) is 0 Å². The number of rotatable bonds is 8. The lowest BCUT2D eigenvalue weighted by Gasteiger charge is -2.16. The fourth-order valence-electron chi connectivity index (χ4n) is 3.15. The fourth-order valence-corrected chi connectivity index (χ4v) is 3.15. The Morgan fingerprint density at radius 1 is 1.21 bits per heavy atom. The van der Waals surface area contributed by atoms with Gasteiger partial charge in [-0.3, -0.25) is 0 Å². The minimum atomic E-state index is -0.619. The van der Waals surface area contributed by atoms with Crippen LogP contribution in [0.4, 0.5) is 0 Å². The van der Waals surface area contributed by atoms with Crippen molar-refractivity contribution in [1.82, 2.24) is 0 Å². The highest BCUT2D eigenvalue weighted by molar-refractivity contribution is 6.01. The zero-order chi connectivity index (χ0) is 19.9. The number of phenols is 1. The number of esters is 1. The maximum Gasteiger partial charge on any atom is 0.335 e. The number of oxime groups is 1. The molecule has 6 heteroatoms. The van der Waals surface area contributed by atoms with Crippen molar-refractivity contribution in [2.24, 2.45) is 5.16 Å². The predicted molar refractivity (Wildman–Crippen MR) is 105 cm³/mol. The number of ether oxygens (including phenoxy) is 2. The number of aromatic hydroxyl groups is 1. The molecule has 0 fully saturated rings. The molecular weight excluding hydrogens is 358 g/mol. The SMILES string of the molecule is CCOC(=O)C(Cc1cccc(C2=NOC(c3ccc(O)cc3)C2)c1)OCC. The summed E-state index contributed by atoms with van der Waals surface area (Å²) in [6.07, 6.45) is 0.290. The van der Waals surface area contributed by atoms with Gasteiger partial charge in [0, 0.05) is 19.4 Å². The normalized spacial score (nSPS) is 16.9. The van der Waals surface area contributed by atoms with Crippen LogP contribution in [0.25, 0.3) is 0 Å². The van der Waals surface area contributed by atoms with E-state index in [0.29, 0.717) is 26.1 Å². The van der Waals surface area contributed by atoms with Crippen LogP contribution in [0.5, 0.6) is 5.75 Å². The average molecular weight is 383 g/mol.